The Kier molecular flexibility index (Phi) is 5.27. The van der Waals surface area contributed by atoms with E-state index in [-0.39, 0.29) is 0 Å². The van der Waals surface area contributed by atoms with E-state index in [9.17, 15) is 0 Å². The molecule has 7 heteroatoms. The summed E-state index contributed by atoms with van der Waals surface area (Å²) in [4.78, 5) is 4.50. The second-order valence-electron chi connectivity index (χ2n) is 5.96. The van der Waals surface area contributed by atoms with E-state index in [0.29, 0.717) is 17.4 Å². The van der Waals surface area contributed by atoms with Gasteiger partial charge in [-0.2, -0.15) is 0 Å². The first kappa shape index (κ1) is 17.8. The lowest BCUT2D eigenvalue weighted by molar-refractivity contribution is 0.290. The van der Waals surface area contributed by atoms with Crippen molar-refractivity contribution in [1.29, 1.82) is 0 Å². The van der Waals surface area contributed by atoms with Gasteiger partial charge < -0.3 is 9.30 Å². The van der Waals surface area contributed by atoms with Crippen molar-refractivity contribution in [3.8, 4) is 5.75 Å². The van der Waals surface area contributed by atoms with Crippen LogP contribution in [-0.2, 0) is 19.4 Å². The summed E-state index contributed by atoms with van der Waals surface area (Å²) in [6.07, 6.45) is 1.82. The standard InChI is InChI=1S/C20H17ClN4OS/c1-25-18(12-26-17-10-3-2-9-16(17)21)23-24-20(25)27-13-15-7-4-6-14-8-5-11-22-19(14)15/h2-11H,12-13H2,1H3. The summed E-state index contributed by atoms with van der Waals surface area (Å²) < 4.78 is 7.71. The van der Waals surface area contributed by atoms with E-state index in [1.807, 2.05) is 42.1 Å². The number of hydrogen-bond donors (Lipinski definition) is 0. The average molecular weight is 397 g/mol. The second kappa shape index (κ2) is 7.98. The molecule has 2 heterocycles. The molecule has 0 bridgehead atoms. The molecule has 0 saturated heterocycles. The Morgan fingerprint density at radius 3 is 2.78 bits per heavy atom. The van der Waals surface area contributed by atoms with Gasteiger partial charge in [0.2, 0.25) is 0 Å². The van der Waals surface area contributed by atoms with Gasteiger partial charge in [0, 0.05) is 24.4 Å². The van der Waals surface area contributed by atoms with E-state index >= 15 is 0 Å². The normalized spacial score (nSPS) is 11.0. The lowest BCUT2D eigenvalue weighted by atomic mass is 10.1. The molecule has 0 aliphatic rings. The van der Waals surface area contributed by atoms with Crippen LogP contribution in [0.15, 0.2) is 66.0 Å². The van der Waals surface area contributed by atoms with Crippen molar-refractivity contribution in [2.24, 2.45) is 7.05 Å². The van der Waals surface area contributed by atoms with Gasteiger partial charge in [0.25, 0.3) is 0 Å². The maximum absolute atomic E-state index is 6.12. The number of rotatable bonds is 6. The molecule has 0 saturated carbocycles. The molecule has 5 nitrogen and oxygen atoms in total. The van der Waals surface area contributed by atoms with Gasteiger partial charge in [0.05, 0.1) is 10.5 Å². The highest BCUT2D eigenvalue weighted by atomic mass is 35.5. The van der Waals surface area contributed by atoms with Crippen LogP contribution in [0.4, 0.5) is 0 Å². The number of ether oxygens (including phenoxy) is 1. The summed E-state index contributed by atoms with van der Waals surface area (Å²) in [5.74, 6) is 2.15. The fraction of sp³-hybridized carbons (Fsp3) is 0.150. The zero-order chi connectivity index (χ0) is 18.6. The Hall–Kier alpha value is -2.57. The van der Waals surface area contributed by atoms with Crippen LogP contribution in [0, 0.1) is 0 Å². The molecule has 0 fully saturated rings. The molecule has 0 radical (unpaired) electrons. The minimum absolute atomic E-state index is 0.309. The molecule has 0 N–H and O–H groups in total. The lowest BCUT2D eigenvalue weighted by Crippen LogP contribution is -2.04. The van der Waals surface area contributed by atoms with Crippen LogP contribution in [0.3, 0.4) is 0 Å². The second-order valence-corrected chi connectivity index (χ2v) is 7.31. The zero-order valence-corrected chi connectivity index (χ0v) is 16.2. The van der Waals surface area contributed by atoms with Crippen LogP contribution >= 0.6 is 23.4 Å². The lowest BCUT2D eigenvalue weighted by Gasteiger charge is -2.08. The Labute approximate surface area is 166 Å². The molecule has 0 spiro atoms. The minimum Gasteiger partial charge on any atom is -0.484 e. The maximum atomic E-state index is 6.12. The number of halogens is 1. The van der Waals surface area contributed by atoms with Gasteiger partial charge in [-0.25, -0.2) is 0 Å². The molecule has 0 aliphatic heterocycles. The number of aromatic nitrogens is 4. The molecular weight excluding hydrogens is 380 g/mol. The van der Waals surface area contributed by atoms with Gasteiger partial charge in [0.1, 0.15) is 12.4 Å². The van der Waals surface area contributed by atoms with Crippen LogP contribution in [0.5, 0.6) is 5.75 Å². The molecule has 4 aromatic rings. The molecule has 27 heavy (non-hydrogen) atoms. The predicted molar refractivity (Wildman–Crippen MR) is 108 cm³/mol. The molecule has 136 valence electrons. The minimum atomic E-state index is 0.309. The molecule has 2 aromatic carbocycles. The SMILES string of the molecule is Cn1c(COc2ccccc2Cl)nnc1SCc1cccc2cccnc12. The van der Waals surface area contributed by atoms with E-state index < -0.39 is 0 Å². The third-order valence-corrected chi connectivity index (χ3v) is 5.57. The topological polar surface area (TPSA) is 52.8 Å². The third kappa shape index (κ3) is 3.91. The van der Waals surface area contributed by atoms with Gasteiger partial charge in [0.15, 0.2) is 11.0 Å². The van der Waals surface area contributed by atoms with Crippen LogP contribution in [0.1, 0.15) is 11.4 Å². The van der Waals surface area contributed by atoms with E-state index in [2.05, 4.69) is 39.4 Å². The van der Waals surface area contributed by atoms with Gasteiger partial charge in [-0.15, -0.1) is 10.2 Å². The van der Waals surface area contributed by atoms with Gasteiger partial charge in [-0.05, 0) is 23.8 Å². The van der Waals surface area contributed by atoms with Gasteiger partial charge in [-0.1, -0.05) is 59.8 Å². The number of pyridine rings is 1. The van der Waals surface area contributed by atoms with Crippen molar-refractivity contribution >= 4 is 34.3 Å². The highest BCUT2D eigenvalue weighted by molar-refractivity contribution is 7.98. The first-order chi connectivity index (χ1) is 13.2. The molecule has 0 unspecified atom stereocenters. The number of hydrogen-bond acceptors (Lipinski definition) is 5. The van der Waals surface area contributed by atoms with Crippen LogP contribution in [0.2, 0.25) is 5.02 Å². The molecule has 0 aliphatic carbocycles. The molecular formula is C20H17ClN4OS. The van der Waals surface area contributed by atoms with Crippen molar-refractivity contribution in [1.82, 2.24) is 19.7 Å². The van der Waals surface area contributed by atoms with E-state index in [1.165, 1.54) is 5.56 Å². The first-order valence-electron chi connectivity index (χ1n) is 8.43. The van der Waals surface area contributed by atoms with E-state index in [0.717, 1.165) is 27.6 Å². The monoisotopic (exact) mass is 396 g/mol. The number of para-hydroxylation sites is 2. The fourth-order valence-electron chi connectivity index (χ4n) is 2.73. The summed E-state index contributed by atoms with van der Waals surface area (Å²) in [7, 11) is 1.94. The zero-order valence-electron chi connectivity index (χ0n) is 14.7. The van der Waals surface area contributed by atoms with Crippen molar-refractivity contribution in [3.05, 3.63) is 77.2 Å². The summed E-state index contributed by atoms with van der Waals surface area (Å²) >= 11 is 7.75. The highest BCUT2D eigenvalue weighted by Crippen LogP contribution is 2.27. The van der Waals surface area contributed by atoms with Crippen LogP contribution in [0.25, 0.3) is 10.9 Å². The van der Waals surface area contributed by atoms with Crippen LogP contribution < -0.4 is 4.74 Å². The Morgan fingerprint density at radius 1 is 1.04 bits per heavy atom. The van der Waals surface area contributed by atoms with Crippen molar-refractivity contribution in [2.75, 3.05) is 0 Å². The molecule has 0 atom stereocenters. The summed E-state index contributed by atoms with van der Waals surface area (Å²) in [6.45, 7) is 0.309. The van der Waals surface area contributed by atoms with Crippen molar-refractivity contribution in [2.45, 2.75) is 17.5 Å². The highest BCUT2D eigenvalue weighted by Gasteiger charge is 2.12. The van der Waals surface area contributed by atoms with Gasteiger partial charge >= 0.3 is 0 Å². The Morgan fingerprint density at radius 2 is 1.89 bits per heavy atom. The smallest absolute Gasteiger partial charge is 0.191 e. The van der Waals surface area contributed by atoms with E-state index in [1.54, 1.807) is 17.8 Å². The number of thioether (sulfide) groups is 1. The predicted octanol–water partition coefficient (Wildman–Crippen LogP) is 4.89. The molecule has 2 aromatic heterocycles. The Balaban J connectivity index is 1.45. The van der Waals surface area contributed by atoms with Crippen molar-refractivity contribution in [3.63, 3.8) is 0 Å². The average Bonchev–Trinajstić information content (AvgIpc) is 3.05. The van der Waals surface area contributed by atoms with Crippen LogP contribution in [-0.4, -0.2) is 19.7 Å². The fourth-order valence-corrected chi connectivity index (χ4v) is 3.83. The molecule has 4 rings (SSSR count). The Bertz CT molecular complexity index is 1080. The van der Waals surface area contributed by atoms with E-state index in [4.69, 9.17) is 16.3 Å². The third-order valence-electron chi connectivity index (χ3n) is 4.19. The number of benzene rings is 2. The first-order valence-corrected chi connectivity index (χ1v) is 9.80. The summed E-state index contributed by atoms with van der Waals surface area (Å²) in [5.41, 5.74) is 2.20. The quantitative estimate of drug-likeness (QED) is 0.434. The largest absolute Gasteiger partial charge is 0.484 e. The molecule has 0 amide bonds. The van der Waals surface area contributed by atoms with Gasteiger partial charge in [-0.3, -0.25) is 4.98 Å². The van der Waals surface area contributed by atoms with Crippen molar-refractivity contribution < 1.29 is 4.74 Å². The maximum Gasteiger partial charge on any atom is 0.191 e. The number of fused-ring (bicyclic) bond motifs is 1. The summed E-state index contributed by atoms with van der Waals surface area (Å²) in [5, 5.41) is 11.1. The number of nitrogens with zero attached hydrogens (tertiary/aromatic N) is 4. The summed E-state index contributed by atoms with van der Waals surface area (Å²) in [6, 6.07) is 17.6.